The normalized spacial score (nSPS) is 14.3. The fraction of sp³-hybridized carbons (Fsp3) is 0.538. The highest BCUT2D eigenvalue weighted by molar-refractivity contribution is 7.70. The van der Waals surface area contributed by atoms with Gasteiger partial charge in [-0.25, -0.2) is 0 Å². The van der Waals surface area contributed by atoms with Crippen LogP contribution in [-0.4, -0.2) is 31.0 Å². The maximum absolute atomic E-state index is 11.3. The molecule has 5 N–H and O–H groups in total. The van der Waals surface area contributed by atoms with Crippen molar-refractivity contribution in [3.05, 3.63) is 35.4 Å². The van der Waals surface area contributed by atoms with E-state index < -0.39 is 26.6 Å². The third-order valence-electron chi connectivity index (χ3n) is 3.48. The van der Waals surface area contributed by atoms with Crippen LogP contribution < -0.4 is 5.32 Å². The van der Waals surface area contributed by atoms with Gasteiger partial charge in [0.1, 0.15) is 0 Å². The molecule has 126 valence electrons. The topological polar surface area (TPSA) is 127 Å². The van der Waals surface area contributed by atoms with Crippen molar-refractivity contribution in [2.24, 2.45) is 0 Å². The second kappa shape index (κ2) is 7.84. The molecular weight excluding hydrogens is 328 g/mol. The van der Waals surface area contributed by atoms with Gasteiger partial charge in [0.2, 0.25) is 0 Å². The van der Waals surface area contributed by atoms with E-state index in [0.717, 1.165) is 11.1 Å². The number of aryl methyl sites for hydroxylation is 1. The molecule has 1 unspecified atom stereocenters. The molecule has 0 aliphatic carbocycles. The zero-order chi connectivity index (χ0) is 17.0. The Morgan fingerprint density at radius 2 is 1.55 bits per heavy atom. The molecule has 0 aromatic heterocycles. The van der Waals surface area contributed by atoms with E-state index in [2.05, 4.69) is 5.32 Å². The molecule has 1 rings (SSSR count). The Hall–Kier alpha value is -0.520. The maximum atomic E-state index is 11.3. The van der Waals surface area contributed by atoms with E-state index in [-0.39, 0.29) is 6.42 Å². The Labute approximate surface area is 130 Å². The van der Waals surface area contributed by atoms with Crippen molar-refractivity contribution < 1.29 is 28.7 Å². The van der Waals surface area contributed by atoms with Crippen molar-refractivity contribution in [2.75, 3.05) is 0 Å². The molecule has 0 aliphatic rings. The summed E-state index contributed by atoms with van der Waals surface area (Å²) in [4.78, 5) is 36.7. The van der Waals surface area contributed by atoms with Gasteiger partial charge < -0.3 is 24.9 Å². The van der Waals surface area contributed by atoms with Crippen LogP contribution in [0.3, 0.4) is 0 Å². The van der Waals surface area contributed by atoms with Crippen LogP contribution in [0.2, 0.25) is 0 Å². The summed E-state index contributed by atoms with van der Waals surface area (Å²) < 4.78 is 22.6. The maximum Gasteiger partial charge on any atom is 0.340 e. The molecule has 0 aliphatic heterocycles. The summed E-state index contributed by atoms with van der Waals surface area (Å²) in [6, 6.07) is 7.36. The zero-order valence-electron chi connectivity index (χ0n) is 12.6. The third-order valence-corrected chi connectivity index (χ3v) is 7.26. The molecule has 22 heavy (non-hydrogen) atoms. The first kappa shape index (κ1) is 19.5. The lowest BCUT2D eigenvalue weighted by Crippen LogP contribution is -2.32. The van der Waals surface area contributed by atoms with Crippen molar-refractivity contribution in [2.45, 2.75) is 44.7 Å². The zero-order valence-corrected chi connectivity index (χ0v) is 14.4. The summed E-state index contributed by atoms with van der Waals surface area (Å²) in [5.74, 6) is 0. The predicted molar refractivity (Wildman–Crippen MR) is 84.6 cm³/mol. The van der Waals surface area contributed by atoms with Crippen LogP contribution in [0.25, 0.3) is 0 Å². The second-order valence-electron chi connectivity index (χ2n) is 5.37. The molecule has 1 atom stereocenters. The Bertz CT molecular complexity index is 542. The molecule has 0 fully saturated rings. The average molecular weight is 351 g/mol. The summed E-state index contributed by atoms with van der Waals surface area (Å²) in [5, 5.41) is 1.13. The van der Waals surface area contributed by atoms with Crippen molar-refractivity contribution in [3.8, 4) is 0 Å². The molecule has 1 aromatic carbocycles. The number of nitrogens with one attached hydrogen (secondary N) is 1. The van der Waals surface area contributed by atoms with Crippen LogP contribution in [0.1, 0.15) is 30.9 Å². The highest BCUT2D eigenvalue weighted by Crippen LogP contribution is 2.61. The second-order valence-corrected chi connectivity index (χ2v) is 9.38. The molecule has 0 heterocycles. The molecule has 7 nitrogen and oxygen atoms in total. The molecule has 0 saturated carbocycles. The number of benzene rings is 1. The Morgan fingerprint density at radius 1 is 1.05 bits per heavy atom. The van der Waals surface area contributed by atoms with Crippen molar-refractivity contribution in [1.82, 2.24) is 5.32 Å². The van der Waals surface area contributed by atoms with Crippen LogP contribution in [0.4, 0.5) is 0 Å². The molecule has 0 bridgehead atoms. The highest BCUT2D eigenvalue weighted by atomic mass is 31.2. The van der Waals surface area contributed by atoms with E-state index in [0.29, 0.717) is 13.0 Å². The summed E-state index contributed by atoms with van der Waals surface area (Å²) in [7, 11) is -9.74. The fourth-order valence-electron chi connectivity index (χ4n) is 2.09. The third kappa shape index (κ3) is 6.31. The van der Waals surface area contributed by atoms with Gasteiger partial charge in [-0.2, -0.15) is 0 Å². The van der Waals surface area contributed by atoms with Crippen LogP contribution >= 0.6 is 15.2 Å². The van der Waals surface area contributed by atoms with Crippen LogP contribution in [0.5, 0.6) is 0 Å². The Balaban J connectivity index is 2.72. The molecular formula is C13H23NO6P2. The monoisotopic (exact) mass is 351 g/mol. The van der Waals surface area contributed by atoms with Gasteiger partial charge in [0.05, 0.1) is 0 Å². The minimum Gasteiger partial charge on any atom is -0.324 e. The van der Waals surface area contributed by atoms with Crippen LogP contribution in [-0.2, 0) is 15.7 Å². The largest absolute Gasteiger partial charge is 0.340 e. The number of rotatable bonds is 8. The summed E-state index contributed by atoms with van der Waals surface area (Å²) in [5.41, 5.74) is 2.12. The Morgan fingerprint density at radius 3 is 1.95 bits per heavy atom. The van der Waals surface area contributed by atoms with Gasteiger partial charge in [-0.3, -0.25) is 9.13 Å². The molecule has 0 amide bonds. The molecule has 0 saturated heterocycles. The summed E-state index contributed by atoms with van der Waals surface area (Å²) in [6.07, 6.45) is 0.222. The minimum atomic E-state index is -4.87. The lowest BCUT2D eigenvalue weighted by molar-refractivity contribution is 0.325. The van der Waals surface area contributed by atoms with Gasteiger partial charge in [0.15, 0.2) is 5.40 Å². The van der Waals surface area contributed by atoms with E-state index in [1.54, 1.807) is 6.92 Å². The molecule has 1 aromatic rings. The fourth-order valence-corrected chi connectivity index (χ4v) is 4.71. The van der Waals surface area contributed by atoms with Gasteiger partial charge in [0, 0.05) is 12.6 Å². The van der Waals surface area contributed by atoms with Gasteiger partial charge in [0.25, 0.3) is 0 Å². The van der Waals surface area contributed by atoms with Crippen LogP contribution in [0, 0.1) is 6.92 Å². The van der Waals surface area contributed by atoms with E-state index in [1.807, 2.05) is 31.2 Å². The van der Waals surface area contributed by atoms with E-state index >= 15 is 0 Å². The van der Waals surface area contributed by atoms with E-state index in [4.69, 9.17) is 19.6 Å². The molecule has 0 spiro atoms. The van der Waals surface area contributed by atoms with Crippen LogP contribution in [0.15, 0.2) is 24.3 Å². The highest BCUT2D eigenvalue weighted by Gasteiger charge is 2.44. The van der Waals surface area contributed by atoms with Crippen molar-refractivity contribution in [1.29, 1.82) is 0 Å². The summed E-state index contributed by atoms with van der Waals surface area (Å²) >= 11 is 0. The van der Waals surface area contributed by atoms with Crippen molar-refractivity contribution >= 4 is 15.2 Å². The summed E-state index contributed by atoms with van der Waals surface area (Å²) in [6.45, 7) is 4.23. The minimum absolute atomic E-state index is 0.281. The lowest BCUT2D eigenvalue weighted by Gasteiger charge is -2.25. The van der Waals surface area contributed by atoms with Gasteiger partial charge >= 0.3 is 15.2 Å². The van der Waals surface area contributed by atoms with E-state index in [1.165, 1.54) is 0 Å². The smallest absolute Gasteiger partial charge is 0.324 e. The first-order valence-corrected chi connectivity index (χ1v) is 10.3. The standard InChI is InChI=1S/C13H23NO6P2/c1-3-12(8-13(21(15,16)17)22(18,19)20)14-9-11-6-4-10(2)5-7-11/h4-7,12-14H,3,8-9H2,1-2H3,(H2,15,16,17)(H2,18,19,20). The average Bonchev–Trinajstić information content (AvgIpc) is 2.38. The predicted octanol–water partition coefficient (Wildman–Crippen LogP) is 1.93. The van der Waals surface area contributed by atoms with Gasteiger partial charge in [-0.05, 0) is 25.3 Å². The van der Waals surface area contributed by atoms with Gasteiger partial charge in [-0.15, -0.1) is 0 Å². The number of hydrogen-bond donors (Lipinski definition) is 5. The first-order valence-electron chi connectivity index (χ1n) is 6.93. The van der Waals surface area contributed by atoms with Crippen molar-refractivity contribution in [3.63, 3.8) is 0 Å². The first-order chi connectivity index (χ1) is 10.0. The SMILES string of the molecule is CCC(CC(P(=O)(O)O)P(=O)(O)O)NCc1ccc(C)cc1. The molecule has 0 radical (unpaired) electrons. The number of hydrogen-bond acceptors (Lipinski definition) is 3. The Kier molecular flexibility index (Phi) is 6.96. The quantitative estimate of drug-likeness (QED) is 0.453. The van der Waals surface area contributed by atoms with E-state index in [9.17, 15) is 9.13 Å². The molecule has 9 heteroatoms. The lowest BCUT2D eigenvalue weighted by atomic mass is 10.1. The van der Waals surface area contributed by atoms with Gasteiger partial charge in [-0.1, -0.05) is 36.8 Å².